The van der Waals surface area contributed by atoms with E-state index in [0.29, 0.717) is 13.1 Å². The number of piperidine rings is 1. The maximum atomic E-state index is 11.9. The van der Waals surface area contributed by atoms with Gasteiger partial charge < -0.3 is 4.90 Å². The third kappa shape index (κ3) is 4.19. The number of hydrogen-bond acceptors (Lipinski definition) is 3. The van der Waals surface area contributed by atoms with Crippen molar-refractivity contribution in [2.24, 2.45) is 0 Å². The smallest absolute Gasteiger partial charge is 0.236 e. The van der Waals surface area contributed by atoms with Crippen molar-refractivity contribution < 1.29 is 4.79 Å². The third-order valence-electron chi connectivity index (χ3n) is 2.90. The zero-order valence-electron chi connectivity index (χ0n) is 10.1. The molecule has 16 heavy (non-hydrogen) atoms. The lowest BCUT2D eigenvalue weighted by Gasteiger charge is -2.29. The zero-order chi connectivity index (χ0) is 11.8. The standard InChI is InChI=1S/C12H21N3O/c1-2-7-14(10-6-13)11-12(16)15-8-4-3-5-9-15/h2-5,7-11H2,1H3. The van der Waals surface area contributed by atoms with E-state index < -0.39 is 0 Å². The van der Waals surface area contributed by atoms with Crippen molar-refractivity contribution >= 4 is 5.91 Å². The summed E-state index contributed by atoms with van der Waals surface area (Å²) in [4.78, 5) is 15.8. The van der Waals surface area contributed by atoms with E-state index in [9.17, 15) is 4.79 Å². The summed E-state index contributed by atoms with van der Waals surface area (Å²) in [7, 11) is 0. The highest BCUT2D eigenvalue weighted by molar-refractivity contribution is 5.78. The van der Waals surface area contributed by atoms with E-state index in [1.165, 1.54) is 6.42 Å². The van der Waals surface area contributed by atoms with Gasteiger partial charge >= 0.3 is 0 Å². The Kier molecular flexibility index (Phi) is 5.87. The molecule has 0 atom stereocenters. The average Bonchev–Trinajstić information content (AvgIpc) is 2.31. The first-order chi connectivity index (χ1) is 7.77. The van der Waals surface area contributed by atoms with Crippen LogP contribution in [0.15, 0.2) is 0 Å². The molecule has 1 aliphatic rings. The molecule has 0 saturated carbocycles. The predicted octanol–water partition coefficient (Wildman–Crippen LogP) is 1.23. The average molecular weight is 223 g/mol. The summed E-state index contributed by atoms with van der Waals surface area (Å²) in [5.41, 5.74) is 0. The van der Waals surface area contributed by atoms with E-state index in [1.807, 2.05) is 9.80 Å². The number of carbonyl (C=O) groups is 1. The highest BCUT2D eigenvalue weighted by atomic mass is 16.2. The highest BCUT2D eigenvalue weighted by Crippen LogP contribution is 2.09. The van der Waals surface area contributed by atoms with Gasteiger partial charge in [0.2, 0.25) is 5.91 Å². The van der Waals surface area contributed by atoms with Crippen molar-refractivity contribution in [2.45, 2.75) is 32.6 Å². The lowest BCUT2D eigenvalue weighted by Crippen LogP contribution is -2.43. The molecule has 0 aromatic heterocycles. The molecular weight excluding hydrogens is 202 g/mol. The Morgan fingerprint density at radius 3 is 2.62 bits per heavy atom. The van der Waals surface area contributed by atoms with Crippen molar-refractivity contribution in [2.75, 3.05) is 32.7 Å². The van der Waals surface area contributed by atoms with Crippen molar-refractivity contribution in [1.82, 2.24) is 9.80 Å². The summed E-state index contributed by atoms with van der Waals surface area (Å²) in [6.45, 7) is 5.44. The van der Waals surface area contributed by atoms with Gasteiger partial charge in [0, 0.05) is 13.1 Å². The maximum absolute atomic E-state index is 11.9. The van der Waals surface area contributed by atoms with Crippen molar-refractivity contribution in [3.8, 4) is 6.07 Å². The second-order valence-corrected chi connectivity index (χ2v) is 4.31. The van der Waals surface area contributed by atoms with Crippen LogP contribution < -0.4 is 0 Å². The van der Waals surface area contributed by atoms with Gasteiger partial charge in [0.15, 0.2) is 0 Å². The van der Waals surface area contributed by atoms with Crippen LogP contribution in [0.4, 0.5) is 0 Å². The summed E-state index contributed by atoms with van der Waals surface area (Å²) in [6, 6.07) is 2.12. The predicted molar refractivity (Wildman–Crippen MR) is 62.8 cm³/mol. The van der Waals surface area contributed by atoms with Crippen LogP contribution in [0.3, 0.4) is 0 Å². The number of hydrogen-bond donors (Lipinski definition) is 0. The number of nitriles is 1. The summed E-state index contributed by atoms with van der Waals surface area (Å²) in [5.74, 6) is 0.184. The van der Waals surface area contributed by atoms with Gasteiger partial charge in [0.05, 0.1) is 19.2 Å². The second kappa shape index (κ2) is 7.24. The Labute approximate surface area is 97.8 Å². The van der Waals surface area contributed by atoms with Gasteiger partial charge in [0.1, 0.15) is 0 Å². The number of nitrogens with zero attached hydrogens (tertiary/aromatic N) is 3. The van der Waals surface area contributed by atoms with Crippen LogP contribution in [0.25, 0.3) is 0 Å². The molecule has 0 aromatic rings. The summed E-state index contributed by atoms with van der Waals surface area (Å²) >= 11 is 0. The van der Waals surface area contributed by atoms with Gasteiger partial charge in [-0.3, -0.25) is 9.69 Å². The van der Waals surface area contributed by atoms with E-state index in [1.54, 1.807) is 0 Å². The quantitative estimate of drug-likeness (QED) is 0.659. The van der Waals surface area contributed by atoms with Crippen molar-refractivity contribution in [3.63, 3.8) is 0 Å². The highest BCUT2D eigenvalue weighted by Gasteiger charge is 2.18. The lowest BCUT2D eigenvalue weighted by atomic mass is 10.1. The minimum absolute atomic E-state index is 0.184. The van der Waals surface area contributed by atoms with Crippen LogP contribution in [0.5, 0.6) is 0 Å². The summed E-state index contributed by atoms with van der Waals surface area (Å²) < 4.78 is 0. The van der Waals surface area contributed by atoms with Crippen LogP contribution in [0.2, 0.25) is 0 Å². The molecule has 0 aliphatic carbocycles. The number of rotatable bonds is 5. The van der Waals surface area contributed by atoms with Gasteiger partial charge in [-0.05, 0) is 32.2 Å². The Hall–Kier alpha value is -1.08. The molecule has 1 rings (SSSR count). The molecule has 4 nitrogen and oxygen atoms in total. The van der Waals surface area contributed by atoms with Crippen LogP contribution in [0, 0.1) is 11.3 Å². The molecule has 1 aliphatic heterocycles. The van der Waals surface area contributed by atoms with Crippen molar-refractivity contribution in [3.05, 3.63) is 0 Å². The molecule has 0 radical (unpaired) electrons. The van der Waals surface area contributed by atoms with E-state index in [0.717, 1.165) is 38.9 Å². The van der Waals surface area contributed by atoms with E-state index in [-0.39, 0.29) is 5.91 Å². The van der Waals surface area contributed by atoms with E-state index in [4.69, 9.17) is 5.26 Å². The Morgan fingerprint density at radius 1 is 1.38 bits per heavy atom. The first-order valence-electron chi connectivity index (χ1n) is 6.15. The van der Waals surface area contributed by atoms with Crippen LogP contribution in [-0.4, -0.2) is 48.4 Å². The molecule has 0 bridgehead atoms. The monoisotopic (exact) mass is 223 g/mol. The molecule has 0 N–H and O–H groups in total. The summed E-state index contributed by atoms with van der Waals surface area (Å²) in [6.07, 6.45) is 4.46. The molecule has 1 amide bonds. The Morgan fingerprint density at radius 2 is 2.06 bits per heavy atom. The molecule has 0 spiro atoms. The van der Waals surface area contributed by atoms with Gasteiger partial charge in [-0.1, -0.05) is 6.92 Å². The number of likely N-dealkylation sites (tertiary alicyclic amines) is 1. The number of carbonyl (C=O) groups excluding carboxylic acids is 1. The molecule has 1 saturated heterocycles. The normalized spacial score (nSPS) is 16.2. The first kappa shape index (κ1) is 13.0. The van der Waals surface area contributed by atoms with Gasteiger partial charge in [-0.15, -0.1) is 0 Å². The van der Waals surface area contributed by atoms with Crippen LogP contribution in [-0.2, 0) is 4.79 Å². The first-order valence-corrected chi connectivity index (χ1v) is 6.15. The fourth-order valence-electron chi connectivity index (χ4n) is 2.06. The van der Waals surface area contributed by atoms with Crippen LogP contribution in [0.1, 0.15) is 32.6 Å². The molecule has 90 valence electrons. The fourth-order valence-corrected chi connectivity index (χ4v) is 2.06. The Bertz CT molecular complexity index is 253. The van der Waals surface area contributed by atoms with E-state index in [2.05, 4.69) is 13.0 Å². The topological polar surface area (TPSA) is 47.3 Å². The third-order valence-corrected chi connectivity index (χ3v) is 2.90. The lowest BCUT2D eigenvalue weighted by molar-refractivity contribution is -0.133. The SMILES string of the molecule is CCCN(CC#N)CC(=O)N1CCCCC1. The van der Waals surface area contributed by atoms with E-state index >= 15 is 0 Å². The minimum atomic E-state index is 0.184. The van der Waals surface area contributed by atoms with Gasteiger partial charge in [-0.25, -0.2) is 0 Å². The maximum Gasteiger partial charge on any atom is 0.236 e. The Balaban J connectivity index is 2.37. The molecule has 1 fully saturated rings. The fraction of sp³-hybridized carbons (Fsp3) is 0.833. The van der Waals surface area contributed by atoms with Gasteiger partial charge in [0.25, 0.3) is 0 Å². The molecule has 4 heteroatoms. The van der Waals surface area contributed by atoms with Gasteiger partial charge in [-0.2, -0.15) is 5.26 Å². The second-order valence-electron chi connectivity index (χ2n) is 4.31. The minimum Gasteiger partial charge on any atom is -0.342 e. The molecule has 1 heterocycles. The number of amides is 1. The largest absolute Gasteiger partial charge is 0.342 e. The van der Waals surface area contributed by atoms with Crippen LogP contribution >= 0.6 is 0 Å². The van der Waals surface area contributed by atoms with Crippen molar-refractivity contribution in [1.29, 1.82) is 5.26 Å². The molecule has 0 unspecified atom stereocenters. The molecular formula is C12H21N3O. The summed E-state index contributed by atoms with van der Waals surface area (Å²) in [5, 5.41) is 8.67. The zero-order valence-corrected chi connectivity index (χ0v) is 10.1. The molecule has 0 aromatic carbocycles.